The van der Waals surface area contributed by atoms with Crippen molar-refractivity contribution in [1.82, 2.24) is 4.72 Å². The molecule has 152 valence electrons. The van der Waals surface area contributed by atoms with E-state index in [0.29, 0.717) is 24.5 Å². The molecule has 0 spiro atoms. The summed E-state index contributed by atoms with van der Waals surface area (Å²) in [7, 11) is -3.62. The number of sulfonamides is 1. The second-order valence-electron chi connectivity index (χ2n) is 6.85. The Hall–Kier alpha value is -0.900. The minimum Gasteiger partial charge on any atom is -0.365 e. The van der Waals surface area contributed by atoms with Gasteiger partial charge in [-0.25, -0.2) is 13.1 Å². The van der Waals surface area contributed by atoms with Crippen molar-refractivity contribution in [2.24, 2.45) is 0 Å². The van der Waals surface area contributed by atoms with Gasteiger partial charge in [0.1, 0.15) is 4.21 Å². The lowest BCUT2D eigenvalue weighted by Crippen LogP contribution is -2.47. The van der Waals surface area contributed by atoms with E-state index in [9.17, 15) is 8.42 Å². The second kappa shape index (κ2) is 8.69. The summed E-state index contributed by atoms with van der Waals surface area (Å²) in [5, 5.41) is 0.651. The number of nitrogens with one attached hydrogen (secondary N) is 1. The van der Waals surface area contributed by atoms with Crippen molar-refractivity contribution in [2.75, 3.05) is 11.4 Å². The van der Waals surface area contributed by atoms with Crippen LogP contribution >= 0.6 is 54.8 Å². The Bertz CT molecular complexity index is 1120. The predicted octanol–water partition coefficient (Wildman–Crippen LogP) is 5.84. The molecule has 0 saturated carbocycles. The van der Waals surface area contributed by atoms with Crippen molar-refractivity contribution in [1.29, 1.82) is 0 Å². The summed E-state index contributed by atoms with van der Waals surface area (Å²) < 4.78 is 30.5. The van der Waals surface area contributed by atoms with E-state index in [0.717, 1.165) is 19.5 Å². The van der Waals surface area contributed by atoms with Gasteiger partial charge in [-0.3, -0.25) is 0 Å². The number of thiophene rings is 1. The van der Waals surface area contributed by atoms with Gasteiger partial charge in [0.05, 0.1) is 3.79 Å². The molecule has 0 saturated heterocycles. The normalized spacial score (nSPS) is 16.7. The highest BCUT2D eigenvalue weighted by Crippen LogP contribution is 2.36. The first kappa shape index (κ1) is 21.3. The largest absolute Gasteiger partial charge is 0.365 e. The van der Waals surface area contributed by atoms with Gasteiger partial charge in [0.25, 0.3) is 0 Å². The van der Waals surface area contributed by atoms with Crippen LogP contribution in [0.3, 0.4) is 0 Å². The highest BCUT2D eigenvalue weighted by atomic mass is 79.9. The number of benzene rings is 2. The van der Waals surface area contributed by atoms with Crippen LogP contribution in [0.1, 0.15) is 11.1 Å². The van der Waals surface area contributed by atoms with Gasteiger partial charge < -0.3 is 4.90 Å². The minimum atomic E-state index is -3.62. The van der Waals surface area contributed by atoms with Gasteiger partial charge >= 0.3 is 0 Å². The maximum absolute atomic E-state index is 12.9. The number of rotatable bonds is 5. The summed E-state index contributed by atoms with van der Waals surface area (Å²) in [4.78, 5) is 2.21. The Kier molecular flexibility index (Phi) is 6.39. The number of halogens is 3. The SMILES string of the molecule is O=S(=O)(NC1Cc2cc(Cl)ccc2N(Cc2ccccc2)C1)c1cc(Br)c(Br)s1. The van der Waals surface area contributed by atoms with Crippen LogP contribution in [0, 0.1) is 0 Å². The Morgan fingerprint density at radius 2 is 1.90 bits per heavy atom. The third kappa shape index (κ3) is 4.89. The first-order valence-corrected chi connectivity index (χ1v) is 13.1. The third-order valence-corrected chi connectivity index (χ3v) is 10.2. The van der Waals surface area contributed by atoms with Crippen molar-refractivity contribution in [2.45, 2.75) is 23.2 Å². The summed E-state index contributed by atoms with van der Waals surface area (Å²) in [6.07, 6.45) is 0.591. The third-order valence-electron chi connectivity index (χ3n) is 4.71. The van der Waals surface area contributed by atoms with Gasteiger partial charge in [0.15, 0.2) is 0 Å². The molecule has 1 atom stereocenters. The lowest BCUT2D eigenvalue weighted by molar-refractivity contribution is 0.526. The topological polar surface area (TPSA) is 49.4 Å². The van der Waals surface area contributed by atoms with E-state index in [-0.39, 0.29) is 10.3 Å². The number of fused-ring (bicyclic) bond motifs is 1. The van der Waals surface area contributed by atoms with E-state index in [4.69, 9.17) is 11.6 Å². The molecule has 1 N–H and O–H groups in total. The molecular formula is C20H17Br2ClN2O2S2. The summed E-state index contributed by atoms with van der Waals surface area (Å²) in [5.41, 5.74) is 3.30. The van der Waals surface area contributed by atoms with Crippen LogP contribution in [0.15, 0.2) is 67.1 Å². The fourth-order valence-electron chi connectivity index (χ4n) is 3.49. The van der Waals surface area contributed by atoms with Gasteiger partial charge in [0, 0.05) is 34.3 Å². The van der Waals surface area contributed by atoms with Crippen molar-refractivity contribution >= 4 is 70.5 Å². The zero-order valence-electron chi connectivity index (χ0n) is 15.1. The molecule has 4 rings (SSSR count). The van der Waals surface area contributed by atoms with Gasteiger partial charge in [0.2, 0.25) is 10.0 Å². The molecule has 29 heavy (non-hydrogen) atoms. The summed E-state index contributed by atoms with van der Waals surface area (Å²) in [5.74, 6) is 0. The number of hydrogen-bond acceptors (Lipinski definition) is 4. The molecular weight excluding hydrogens is 560 g/mol. The Labute approximate surface area is 196 Å². The zero-order valence-corrected chi connectivity index (χ0v) is 20.7. The first-order valence-electron chi connectivity index (χ1n) is 8.86. The van der Waals surface area contributed by atoms with Gasteiger partial charge in [-0.15, -0.1) is 11.3 Å². The summed E-state index contributed by atoms with van der Waals surface area (Å²) >= 11 is 14.1. The second-order valence-corrected chi connectivity index (χ2v) is 12.5. The molecule has 4 nitrogen and oxygen atoms in total. The van der Waals surface area contributed by atoms with Crippen LogP contribution in [0.25, 0.3) is 0 Å². The van der Waals surface area contributed by atoms with Crippen LogP contribution < -0.4 is 9.62 Å². The van der Waals surface area contributed by atoms with E-state index < -0.39 is 10.0 Å². The van der Waals surface area contributed by atoms with Crippen LogP contribution in [0.4, 0.5) is 5.69 Å². The molecule has 2 aromatic carbocycles. The van der Waals surface area contributed by atoms with E-state index >= 15 is 0 Å². The number of anilines is 1. The monoisotopic (exact) mass is 574 g/mol. The fraction of sp³-hybridized carbons (Fsp3) is 0.200. The zero-order chi connectivity index (χ0) is 20.6. The van der Waals surface area contributed by atoms with Gasteiger partial charge in [-0.05, 0) is 73.7 Å². The smallest absolute Gasteiger partial charge is 0.250 e. The molecule has 0 amide bonds. The molecule has 1 aromatic heterocycles. The lowest BCUT2D eigenvalue weighted by atomic mass is 9.98. The van der Waals surface area contributed by atoms with Gasteiger partial charge in [-0.2, -0.15) is 0 Å². The first-order chi connectivity index (χ1) is 13.8. The average molecular weight is 577 g/mol. The number of nitrogens with zero attached hydrogens (tertiary/aromatic N) is 1. The number of hydrogen-bond donors (Lipinski definition) is 1. The van der Waals surface area contributed by atoms with Crippen molar-refractivity contribution in [3.05, 3.63) is 79.0 Å². The lowest BCUT2D eigenvalue weighted by Gasteiger charge is -2.36. The van der Waals surface area contributed by atoms with E-state index in [2.05, 4.69) is 53.6 Å². The van der Waals surface area contributed by atoms with E-state index in [1.54, 1.807) is 6.07 Å². The molecule has 0 bridgehead atoms. The maximum Gasteiger partial charge on any atom is 0.250 e. The summed E-state index contributed by atoms with van der Waals surface area (Å²) in [6.45, 7) is 1.28. The summed E-state index contributed by atoms with van der Waals surface area (Å²) in [6, 6.07) is 17.3. The molecule has 0 aliphatic carbocycles. The van der Waals surface area contributed by atoms with Crippen molar-refractivity contribution in [3.63, 3.8) is 0 Å². The Morgan fingerprint density at radius 3 is 2.59 bits per heavy atom. The molecule has 2 heterocycles. The molecule has 0 fully saturated rings. The maximum atomic E-state index is 12.9. The fourth-order valence-corrected chi connectivity index (χ4v) is 7.75. The van der Waals surface area contributed by atoms with Crippen LogP contribution in [0.5, 0.6) is 0 Å². The van der Waals surface area contributed by atoms with Crippen molar-refractivity contribution < 1.29 is 8.42 Å². The molecule has 9 heteroatoms. The standard InChI is InChI=1S/C20H17Br2ClN2O2S2/c21-17-10-19(28-20(17)22)29(26,27)24-16-9-14-8-15(23)6-7-18(14)25(12-16)11-13-4-2-1-3-5-13/h1-8,10,16,24H,9,11-12H2. The highest BCUT2D eigenvalue weighted by Gasteiger charge is 2.29. The average Bonchev–Trinajstić information content (AvgIpc) is 3.01. The highest BCUT2D eigenvalue weighted by molar-refractivity contribution is 9.13. The van der Waals surface area contributed by atoms with Crippen LogP contribution in [-0.4, -0.2) is 21.0 Å². The molecule has 0 radical (unpaired) electrons. The van der Waals surface area contributed by atoms with E-state index in [1.165, 1.54) is 16.9 Å². The van der Waals surface area contributed by atoms with Crippen LogP contribution in [0.2, 0.25) is 5.02 Å². The molecule has 1 unspecified atom stereocenters. The molecule has 1 aliphatic rings. The minimum absolute atomic E-state index is 0.255. The van der Waals surface area contributed by atoms with Crippen molar-refractivity contribution in [3.8, 4) is 0 Å². The predicted molar refractivity (Wildman–Crippen MR) is 126 cm³/mol. The van der Waals surface area contributed by atoms with E-state index in [1.807, 2.05) is 36.4 Å². The van der Waals surface area contributed by atoms with Crippen LogP contribution in [-0.2, 0) is 23.0 Å². The molecule has 3 aromatic rings. The quantitative estimate of drug-likeness (QED) is 0.416. The Balaban J connectivity index is 1.62. The molecule has 1 aliphatic heterocycles. The van der Waals surface area contributed by atoms with Gasteiger partial charge in [-0.1, -0.05) is 41.9 Å². The Morgan fingerprint density at radius 1 is 1.14 bits per heavy atom.